The third-order valence-electron chi connectivity index (χ3n) is 4.50. The molecule has 0 N–H and O–H groups in total. The first-order valence-corrected chi connectivity index (χ1v) is 8.65. The molecule has 2 heterocycles. The molecule has 0 fully saturated rings. The van der Waals surface area contributed by atoms with Crippen LogP contribution in [0.3, 0.4) is 0 Å². The normalized spacial score (nSPS) is 11.7. The number of benzene rings is 2. The van der Waals surface area contributed by atoms with Crippen molar-refractivity contribution in [2.24, 2.45) is 0 Å². The van der Waals surface area contributed by atoms with Crippen LogP contribution < -0.4 is 9.64 Å². The molecule has 0 unspecified atom stereocenters. The number of ether oxygens (including phenoxy) is 1. The average molecular weight is 359 g/mol. The van der Waals surface area contributed by atoms with E-state index >= 15 is 0 Å². The zero-order chi connectivity index (χ0) is 18.8. The summed E-state index contributed by atoms with van der Waals surface area (Å²) >= 11 is 0. The van der Waals surface area contributed by atoms with Gasteiger partial charge in [0, 0.05) is 12.2 Å². The highest BCUT2D eigenvalue weighted by Crippen LogP contribution is 2.39. The topological polar surface area (TPSA) is 79.4 Å². The Morgan fingerprint density at radius 2 is 2.07 bits per heavy atom. The van der Waals surface area contributed by atoms with E-state index in [1.54, 1.807) is 4.90 Å². The second-order valence-corrected chi connectivity index (χ2v) is 6.33. The van der Waals surface area contributed by atoms with Crippen LogP contribution in [0.15, 0.2) is 53.1 Å². The molecule has 0 radical (unpaired) electrons. The van der Waals surface area contributed by atoms with Gasteiger partial charge in [0.1, 0.15) is 12.4 Å². The molecule has 1 aromatic heterocycles. The van der Waals surface area contributed by atoms with Gasteiger partial charge in [0.2, 0.25) is 0 Å². The number of aryl methyl sites for hydroxylation is 1. The minimum absolute atomic E-state index is 0.219. The molecule has 1 aliphatic rings. The summed E-state index contributed by atoms with van der Waals surface area (Å²) in [5, 5.41) is 13.0. The highest BCUT2D eigenvalue weighted by molar-refractivity contribution is 6.06. The Morgan fingerprint density at radius 3 is 2.85 bits per heavy atom. The summed E-state index contributed by atoms with van der Waals surface area (Å²) in [5.41, 5.74) is 3.43. The smallest absolute Gasteiger partial charge is 0.280 e. The number of rotatable bonds is 4. The Balaban J connectivity index is 1.74. The Labute approximate surface area is 156 Å². The Morgan fingerprint density at radius 1 is 1.26 bits per heavy atom. The van der Waals surface area contributed by atoms with Crippen molar-refractivity contribution >= 4 is 11.6 Å². The highest BCUT2D eigenvalue weighted by atomic mass is 16.5. The van der Waals surface area contributed by atoms with Crippen molar-refractivity contribution in [3.05, 3.63) is 65.4 Å². The summed E-state index contributed by atoms with van der Waals surface area (Å²) in [6.45, 7) is 2.48. The van der Waals surface area contributed by atoms with E-state index in [0.717, 1.165) is 11.1 Å². The maximum absolute atomic E-state index is 13.2. The van der Waals surface area contributed by atoms with Gasteiger partial charge in [0.15, 0.2) is 11.5 Å². The zero-order valence-electron chi connectivity index (χ0n) is 14.8. The fourth-order valence-corrected chi connectivity index (χ4v) is 3.17. The highest BCUT2D eigenvalue weighted by Gasteiger charge is 2.31. The zero-order valence-corrected chi connectivity index (χ0v) is 14.8. The second kappa shape index (κ2) is 6.96. The van der Waals surface area contributed by atoms with E-state index in [0.29, 0.717) is 22.8 Å². The predicted molar refractivity (Wildman–Crippen MR) is 99.4 cm³/mol. The SMILES string of the molecule is Cc1ccc2c(c1)-c1onc(C(=O)N(CCC#N)c3ccccc3)c1CO2. The minimum Gasteiger partial charge on any atom is -0.488 e. The van der Waals surface area contributed by atoms with Crippen LogP contribution in [0.1, 0.15) is 28.0 Å². The second-order valence-electron chi connectivity index (χ2n) is 6.33. The largest absolute Gasteiger partial charge is 0.488 e. The molecule has 3 aromatic rings. The number of hydrogen-bond acceptors (Lipinski definition) is 5. The lowest BCUT2D eigenvalue weighted by molar-refractivity contribution is 0.0977. The van der Waals surface area contributed by atoms with E-state index in [1.807, 2.05) is 55.5 Å². The lowest BCUT2D eigenvalue weighted by atomic mass is 10.0. The van der Waals surface area contributed by atoms with Gasteiger partial charge in [-0.05, 0) is 31.2 Å². The number of hydrogen-bond donors (Lipinski definition) is 0. The number of carbonyl (C=O) groups is 1. The molecule has 134 valence electrons. The van der Waals surface area contributed by atoms with Crippen LogP contribution in [-0.4, -0.2) is 17.6 Å². The molecule has 0 saturated carbocycles. The van der Waals surface area contributed by atoms with E-state index in [1.165, 1.54) is 0 Å². The molecule has 27 heavy (non-hydrogen) atoms. The van der Waals surface area contributed by atoms with Gasteiger partial charge in [-0.15, -0.1) is 0 Å². The molecule has 0 bridgehead atoms. The van der Waals surface area contributed by atoms with Crippen molar-refractivity contribution < 1.29 is 14.1 Å². The number of nitrogens with zero attached hydrogens (tertiary/aromatic N) is 3. The fraction of sp³-hybridized carbons (Fsp3) is 0.190. The van der Waals surface area contributed by atoms with Gasteiger partial charge in [0.25, 0.3) is 5.91 Å². The molecule has 2 aromatic carbocycles. The number of amides is 1. The van der Waals surface area contributed by atoms with Crippen molar-refractivity contribution in [1.82, 2.24) is 5.16 Å². The molecule has 6 heteroatoms. The van der Waals surface area contributed by atoms with Crippen molar-refractivity contribution in [2.75, 3.05) is 11.4 Å². The quantitative estimate of drug-likeness (QED) is 0.700. The maximum Gasteiger partial charge on any atom is 0.280 e. The molecular weight excluding hydrogens is 342 g/mol. The van der Waals surface area contributed by atoms with Crippen LogP contribution in [0.4, 0.5) is 5.69 Å². The van der Waals surface area contributed by atoms with Gasteiger partial charge < -0.3 is 14.2 Å². The predicted octanol–water partition coefficient (Wildman–Crippen LogP) is 4.10. The van der Waals surface area contributed by atoms with E-state index in [4.69, 9.17) is 14.5 Å². The van der Waals surface area contributed by atoms with E-state index in [-0.39, 0.29) is 31.2 Å². The van der Waals surface area contributed by atoms with Crippen molar-refractivity contribution in [1.29, 1.82) is 5.26 Å². The number of fused-ring (bicyclic) bond motifs is 3. The molecule has 1 aliphatic heterocycles. The lowest BCUT2D eigenvalue weighted by Gasteiger charge is -2.22. The lowest BCUT2D eigenvalue weighted by Crippen LogP contribution is -2.33. The first kappa shape index (κ1) is 16.9. The van der Waals surface area contributed by atoms with Gasteiger partial charge in [0.05, 0.1) is 23.6 Å². The molecule has 0 saturated heterocycles. The van der Waals surface area contributed by atoms with Gasteiger partial charge in [-0.25, -0.2) is 0 Å². The van der Waals surface area contributed by atoms with Crippen LogP contribution in [-0.2, 0) is 6.61 Å². The van der Waals surface area contributed by atoms with Gasteiger partial charge in [-0.3, -0.25) is 4.79 Å². The van der Waals surface area contributed by atoms with Crippen LogP contribution >= 0.6 is 0 Å². The maximum atomic E-state index is 13.2. The number of carbonyl (C=O) groups excluding carboxylic acids is 1. The standard InChI is InChI=1S/C21H17N3O3/c1-14-8-9-18-16(12-14)20-17(13-26-18)19(23-27-20)21(25)24(11-5-10-22)15-6-3-2-4-7-15/h2-4,6-9,12H,5,11,13H2,1H3. The monoisotopic (exact) mass is 359 g/mol. The van der Waals surface area contributed by atoms with Gasteiger partial charge >= 0.3 is 0 Å². The fourth-order valence-electron chi connectivity index (χ4n) is 3.17. The van der Waals surface area contributed by atoms with Crippen LogP contribution in [0.2, 0.25) is 0 Å². The van der Waals surface area contributed by atoms with Crippen molar-refractivity contribution in [2.45, 2.75) is 20.0 Å². The number of anilines is 1. The van der Waals surface area contributed by atoms with E-state index < -0.39 is 0 Å². The van der Waals surface area contributed by atoms with Crippen LogP contribution in [0.25, 0.3) is 11.3 Å². The molecule has 0 aliphatic carbocycles. The number of aromatic nitrogens is 1. The summed E-state index contributed by atoms with van der Waals surface area (Å²) in [7, 11) is 0. The van der Waals surface area contributed by atoms with Crippen molar-refractivity contribution in [3.8, 4) is 23.1 Å². The summed E-state index contributed by atoms with van der Waals surface area (Å²) < 4.78 is 11.3. The van der Waals surface area contributed by atoms with E-state index in [9.17, 15) is 4.79 Å². The minimum atomic E-state index is -0.304. The first-order valence-electron chi connectivity index (χ1n) is 8.65. The molecular formula is C21H17N3O3. The molecule has 0 atom stereocenters. The summed E-state index contributed by atoms with van der Waals surface area (Å²) in [6.07, 6.45) is 0.221. The van der Waals surface area contributed by atoms with Gasteiger partial charge in [-0.1, -0.05) is 35.0 Å². The summed E-state index contributed by atoms with van der Waals surface area (Å²) in [6, 6.07) is 17.1. The third-order valence-corrected chi connectivity index (χ3v) is 4.50. The Kier molecular flexibility index (Phi) is 4.35. The van der Waals surface area contributed by atoms with Gasteiger partial charge in [-0.2, -0.15) is 5.26 Å². The average Bonchev–Trinajstić information content (AvgIpc) is 3.13. The number of nitriles is 1. The first-order chi connectivity index (χ1) is 13.2. The van der Waals surface area contributed by atoms with E-state index in [2.05, 4.69) is 11.2 Å². The van der Waals surface area contributed by atoms with Crippen molar-refractivity contribution in [3.63, 3.8) is 0 Å². The third kappa shape index (κ3) is 3.04. The molecule has 1 amide bonds. The molecule has 4 rings (SSSR count). The number of para-hydroxylation sites is 1. The van der Waals surface area contributed by atoms with Crippen LogP contribution in [0.5, 0.6) is 5.75 Å². The summed E-state index contributed by atoms with van der Waals surface area (Å²) in [4.78, 5) is 14.8. The van der Waals surface area contributed by atoms with Crippen LogP contribution in [0, 0.1) is 18.3 Å². The summed E-state index contributed by atoms with van der Waals surface area (Å²) in [5.74, 6) is 0.977. The molecule has 0 spiro atoms. The Hall–Kier alpha value is -3.59. The Bertz CT molecular complexity index is 1030. The molecule has 6 nitrogen and oxygen atoms in total.